The monoisotopic (exact) mass is 294 g/mol. The van der Waals surface area contributed by atoms with Gasteiger partial charge in [0, 0.05) is 26.3 Å². The summed E-state index contributed by atoms with van der Waals surface area (Å²) in [4.78, 5) is 16.7. The highest BCUT2D eigenvalue weighted by molar-refractivity contribution is 5.97. The van der Waals surface area contributed by atoms with E-state index in [-0.39, 0.29) is 11.9 Å². The van der Waals surface area contributed by atoms with Gasteiger partial charge in [0.1, 0.15) is 0 Å². The fourth-order valence-electron chi connectivity index (χ4n) is 2.94. The van der Waals surface area contributed by atoms with Gasteiger partial charge in [-0.1, -0.05) is 6.92 Å². The number of hydrogen-bond donors (Lipinski definition) is 1. The molecule has 1 aromatic rings. The third-order valence-corrected chi connectivity index (χ3v) is 3.85. The molecular formula is C15H26N4O2. The van der Waals surface area contributed by atoms with Crippen LogP contribution in [0.4, 0.5) is 5.69 Å². The fraction of sp³-hybridized carbons (Fsp3) is 0.733. The number of aliphatic hydroxyl groups is 1. The Balaban J connectivity index is 2.15. The molecule has 0 radical (unpaired) electrons. The van der Waals surface area contributed by atoms with Crippen LogP contribution in [0, 0.1) is 0 Å². The second-order valence-electron chi connectivity index (χ2n) is 6.40. The number of anilines is 1. The van der Waals surface area contributed by atoms with Crippen LogP contribution in [0.25, 0.3) is 0 Å². The molecule has 1 aromatic heterocycles. The Morgan fingerprint density at radius 3 is 2.76 bits per heavy atom. The number of carbonyl (C=O) groups excluding carboxylic acids is 1. The second kappa shape index (κ2) is 6.15. The van der Waals surface area contributed by atoms with E-state index < -0.39 is 5.60 Å². The van der Waals surface area contributed by atoms with Crippen LogP contribution in [-0.4, -0.2) is 57.0 Å². The molecule has 1 aliphatic rings. The Kier molecular flexibility index (Phi) is 4.68. The van der Waals surface area contributed by atoms with Gasteiger partial charge in [0.05, 0.1) is 23.5 Å². The summed E-state index contributed by atoms with van der Waals surface area (Å²) in [6.45, 7) is 7.58. The number of rotatable bonds is 5. The van der Waals surface area contributed by atoms with Crippen molar-refractivity contribution in [2.75, 3.05) is 24.5 Å². The number of carbonyl (C=O) groups is 1. The number of aryl methyl sites for hydroxylation is 1. The molecule has 1 saturated heterocycles. The third kappa shape index (κ3) is 3.83. The summed E-state index contributed by atoms with van der Waals surface area (Å²) in [7, 11) is 1.85. The average molecular weight is 294 g/mol. The van der Waals surface area contributed by atoms with Gasteiger partial charge in [0.2, 0.25) is 5.91 Å². The SMILES string of the molecule is CCN(CC(C)(C)O)C1CCCN(c2cnn(C)c2)C1=O. The van der Waals surface area contributed by atoms with Gasteiger partial charge in [0.25, 0.3) is 0 Å². The molecule has 1 aliphatic heterocycles. The Morgan fingerprint density at radius 1 is 1.52 bits per heavy atom. The maximum atomic E-state index is 12.8. The van der Waals surface area contributed by atoms with Crippen LogP contribution in [0.5, 0.6) is 0 Å². The summed E-state index contributed by atoms with van der Waals surface area (Å²) in [5, 5.41) is 14.2. The number of amides is 1. The molecule has 0 spiro atoms. The molecule has 0 aliphatic carbocycles. The van der Waals surface area contributed by atoms with Gasteiger partial charge in [-0.25, -0.2) is 0 Å². The molecule has 0 aromatic carbocycles. The first-order chi connectivity index (χ1) is 9.81. The van der Waals surface area contributed by atoms with Crippen LogP contribution >= 0.6 is 0 Å². The Labute approximate surface area is 126 Å². The molecule has 0 saturated carbocycles. The number of nitrogens with zero attached hydrogens (tertiary/aromatic N) is 4. The Hall–Kier alpha value is -1.40. The van der Waals surface area contributed by atoms with Crippen molar-refractivity contribution in [1.82, 2.24) is 14.7 Å². The van der Waals surface area contributed by atoms with Crippen molar-refractivity contribution in [2.45, 2.75) is 45.3 Å². The Bertz CT molecular complexity index is 492. The van der Waals surface area contributed by atoms with E-state index in [4.69, 9.17) is 0 Å². The smallest absolute Gasteiger partial charge is 0.244 e. The minimum atomic E-state index is -0.799. The zero-order valence-corrected chi connectivity index (χ0v) is 13.4. The highest BCUT2D eigenvalue weighted by atomic mass is 16.3. The highest BCUT2D eigenvalue weighted by Gasteiger charge is 2.35. The molecule has 1 unspecified atom stereocenters. The lowest BCUT2D eigenvalue weighted by molar-refractivity contribution is -0.126. The third-order valence-electron chi connectivity index (χ3n) is 3.85. The first-order valence-corrected chi connectivity index (χ1v) is 7.58. The molecule has 6 nitrogen and oxygen atoms in total. The number of piperidine rings is 1. The van der Waals surface area contributed by atoms with E-state index >= 15 is 0 Å². The number of likely N-dealkylation sites (N-methyl/N-ethyl adjacent to an activating group) is 1. The standard InChI is InChI=1S/C15H26N4O2/c1-5-18(11-15(2,3)21)13-7-6-8-19(14(13)20)12-9-16-17(4)10-12/h9-10,13,21H,5-8,11H2,1-4H3. The van der Waals surface area contributed by atoms with E-state index in [1.807, 2.05) is 25.1 Å². The molecule has 118 valence electrons. The van der Waals surface area contributed by atoms with Gasteiger partial charge < -0.3 is 10.0 Å². The van der Waals surface area contributed by atoms with Crippen LogP contribution in [0.2, 0.25) is 0 Å². The highest BCUT2D eigenvalue weighted by Crippen LogP contribution is 2.24. The normalized spacial score (nSPS) is 20.4. The average Bonchev–Trinajstić information content (AvgIpc) is 2.82. The topological polar surface area (TPSA) is 61.6 Å². The van der Waals surface area contributed by atoms with E-state index in [1.165, 1.54) is 0 Å². The lowest BCUT2D eigenvalue weighted by Gasteiger charge is -2.39. The first kappa shape index (κ1) is 16.0. The summed E-state index contributed by atoms with van der Waals surface area (Å²) in [6.07, 6.45) is 5.41. The van der Waals surface area contributed by atoms with Crippen molar-refractivity contribution in [2.24, 2.45) is 7.05 Å². The zero-order chi connectivity index (χ0) is 15.6. The van der Waals surface area contributed by atoms with Gasteiger partial charge >= 0.3 is 0 Å². The predicted octanol–water partition coefficient (Wildman–Crippen LogP) is 1.01. The number of aromatic nitrogens is 2. The molecule has 21 heavy (non-hydrogen) atoms. The summed E-state index contributed by atoms with van der Waals surface area (Å²) in [5.74, 6) is 0.111. The van der Waals surface area contributed by atoms with Crippen LogP contribution < -0.4 is 4.90 Å². The van der Waals surface area contributed by atoms with E-state index in [2.05, 4.69) is 10.00 Å². The summed E-state index contributed by atoms with van der Waals surface area (Å²) < 4.78 is 1.71. The summed E-state index contributed by atoms with van der Waals surface area (Å²) >= 11 is 0. The summed E-state index contributed by atoms with van der Waals surface area (Å²) in [6, 6.07) is -0.157. The van der Waals surface area contributed by atoms with Crippen LogP contribution in [-0.2, 0) is 11.8 Å². The van der Waals surface area contributed by atoms with Gasteiger partial charge in [-0.3, -0.25) is 14.4 Å². The van der Waals surface area contributed by atoms with Crippen molar-refractivity contribution in [1.29, 1.82) is 0 Å². The largest absolute Gasteiger partial charge is 0.389 e. The minimum Gasteiger partial charge on any atom is -0.389 e. The Morgan fingerprint density at radius 2 is 2.24 bits per heavy atom. The van der Waals surface area contributed by atoms with Crippen LogP contribution in [0.3, 0.4) is 0 Å². The van der Waals surface area contributed by atoms with Crippen molar-refractivity contribution in [3.63, 3.8) is 0 Å². The second-order valence-corrected chi connectivity index (χ2v) is 6.40. The summed E-state index contributed by atoms with van der Waals surface area (Å²) in [5.41, 5.74) is 0.0545. The number of hydrogen-bond acceptors (Lipinski definition) is 4. The van der Waals surface area contributed by atoms with Gasteiger partial charge in [-0.05, 0) is 33.2 Å². The van der Waals surface area contributed by atoms with Crippen LogP contribution in [0.1, 0.15) is 33.6 Å². The molecule has 2 rings (SSSR count). The van der Waals surface area contributed by atoms with Gasteiger partial charge in [-0.2, -0.15) is 5.10 Å². The lowest BCUT2D eigenvalue weighted by atomic mass is 10.00. The molecule has 1 atom stereocenters. The first-order valence-electron chi connectivity index (χ1n) is 7.58. The van der Waals surface area contributed by atoms with Gasteiger partial charge in [0.15, 0.2) is 0 Å². The quantitative estimate of drug-likeness (QED) is 0.880. The van der Waals surface area contributed by atoms with Crippen molar-refractivity contribution >= 4 is 11.6 Å². The lowest BCUT2D eigenvalue weighted by Crippen LogP contribution is -2.55. The maximum Gasteiger partial charge on any atom is 0.244 e. The molecule has 0 bridgehead atoms. The molecule has 1 fully saturated rings. The van der Waals surface area contributed by atoms with Crippen molar-refractivity contribution in [3.8, 4) is 0 Å². The molecule has 6 heteroatoms. The van der Waals surface area contributed by atoms with E-state index in [0.717, 1.165) is 31.6 Å². The van der Waals surface area contributed by atoms with Crippen molar-refractivity contribution < 1.29 is 9.90 Å². The van der Waals surface area contributed by atoms with Gasteiger partial charge in [-0.15, -0.1) is 0 Å². The molecule has 1 N–H and O–H groups in total. The predicted molar refractivity (Wildman–Crippen MR) is 82.1 cm³/mol. The zero-order valence-electron chi connectivity index (χ0n) is 13.4. The maximum absolute atomic E-state index is 12.8. The van der Waals surface area contributed by atoms with Crippen LogP contribution in [0.15, 0.2) is 12.4 Å². The molecular weight excluding hydrogens is 268 g/mol. The van der Waals surface area contributed by atoms with E-state index in [9.17, 15) is 9.90 Å². The molecule has 1 amide bonds. The van der Waals surface area contributed by atoms with E-state index in [1.54, 1.807) is 24.7 Å². The molecule has 2 heterocycles. The van der Waals surface area contributed by atoms with Crippen molar-refractivity contribution in [3.05, 3.63) is 12.4 Å². The minimum absolute atomic E-state index is 0.111. The fourth-order valence-corrected chi connectivity index (χ4v) is 2.94. The van der Waals surface area contributed by atoms with E-state index in [0.29, 0.717) is 6.54 Å².